The Bertz CT molecular complexity index is 974. The lowest BCUT2D eigenvalue weighted by Crippen LogP contribution is -2.19. The van der Waals surface area contributed by atoms with Crippen LogP contribution in [0, 0.1) is 5.82 Å². The maximum atomic E-state index is 12.8. The highest BCUT2D eigenvalue weighted by Crippen LogP contribution is 2.24. The zero-order valence-corrected chi connectivity index (χ0v) is 16.7. The molecule has 0 bridgehead atoms. The quantitative estimate of drug-likeness (QED) is 0.355. The topological polar surface area (TPSA) is 72.2 Å². The fourth-order valence-electron chi connectivity index (χ4n) is 2.21. The number of amides is 1. The van der Waals surface area contributed by atoms with Crippen molar-refractivity contribution < 1.29 is 9.18 Å². The van der Waals surface area contributed by atoms with E-state index >= 15 is 0 Å². The van der Waals surface area contributed by atoms with E-state index in [2.05, 4.69) is 36.7 Å². The van der Waals surface area contributed by atoms with Gasteiger partial charge in [0.1, 0.15) is 5.82 Å². The van der Waals surface area contributed by atoms with Gasteiger partial charge in [0.15, 0.2) is 11.0 Å². The highest BCUT2D eigenvalue weighted by Gasteiger charge is 2.13. The molecule has 0 unspecified atom stereocenters. The fraction of sp³-hybridized carbons (Fsp3) is 0.111. The van der Waals surface area contributed by atoms with Gasteiger partial charge in [-0.2, -0.15) is 5.10 Å². The molecule has 0 saturated carbocycles. The SMILES string of the molecule is Cn1c(SCC(=O)N/N=C\c2ccc(F)cc2)nnc1-c1cccc(Br)c1. The number of hydrogen-bond acceptors (Lipinski definition) is 5. The van der Waals surface area contributed by atoms with Crippen molar-refractivity contribution in [2.75, 3.05) is 5.75 Å². The number of hydrogen-bond donors (Lipinski definition) is 1. The van der Waals surface area contributed by atoms with Crippen molar-refractivity contribution in [3.8, 4) is 11.4 Å². The molecule has 0 atom stereocenters. The van der Waals surface area contributed by atoms with Crippen molar-refractivity contribution in [3.63, 3.8) is 0 Å². The van der Waals surface area contributed by atoms with Crippen molar-refractivity contribution in [2.45, 2.75) is 5.16 Å². The summed E-state index contributed by atoms with van der Waals surface area (Å²) in [4.78, 5) is 11.9. The summed E-state index contributed by atoms with van der Waals surface area (Å²) in [6.45, 7) is 0. The minimum absolute atomic E-state index is 0.144. The zero-order valence-electron chi connectivity index (χ0n) is 14.3. The van der Waals surface area contributed by atoms with E-state index in [0.29, 0.717) is 16.5 Å². The van der Waals surface area contributed by atoms with Gasteiger partial charge in [-0.05, 0) is 29.8 Å². The van der Waals surface area contributed by atoms with Crippen molar-refractivity contribution in [2.24, 2.45) is 12.1 Å². The molecule has 0 radical (unpaired) electrons. The van der Waals surface area contributed by atoms with E-state index < -0.39 is 0 Å². The molecule has 6 nitrogen and oxygen atoms in total. The first-order valence-electron chi connectivity index (χ1n) is 7.88. The van der Waals surface area contributed by atoms with E-state index in [0.717, 1.165) is 10.0 Å². The summed E-state index contributed by atoms with van der Waals surface area (Å²) in [7, 11) is 1.85. The molecular formula is C18H15BrFN5OS. The van der Waals surface area contributed by atoms with Gasteiger partial charge >= 0.3 is 0 Å². The third-order valence-corrected chi connectivity index (χ3v) is 5.04. The van der Waals surface area contributed by atoms with Gasteiger partial charge in [0.2, 0.25) is 0 Å². The predicted molar refractivity (Wildman–Crippen MR) is 107 cm³/mol. The van der Waals surface area contributed by atoms with Crippen LogP contribution < -0.4 is 5.43 Å². The molecule has 0 fully saturated rings. The normalized spacial score (nSPS) is 11.1. The molecule has 9 heteroatoms. The molecule has 27 heavy (non-hydrogen) atoms. The molecule has 0 saturated heterocycles. The van der Waals surface area contributed by atoms with Crippen LogP contribution in [0.15, 0.2) is 63.3 Å². The van der Waals surface area contributed by atoms with E-state index in [1.54, 1.807) is 12.1 Å². The van der Waals surface area contributed by atoms with Crippen LogP contribution >= 0.6 is 27.7 Å². The number of carbonyl (C=O) groups excluding carboxylic acids is 1. The molecule has 3 aromatic rings. The summed E-state index contributed by atoms with van der Waals surface area (Å²) in [5.74, 6) is 0.267. The monoisotopic (exact) mass is 447 g/mol. The Morgan fingerprint density at radius 1 is 1.30 bits per heavy atom. The molecule has 2 aromatic carbocycles. The number of carbonyl (C=O) groups is 1. The maximum Gasteiger partial charge on any atom is 0.250 e. The van der Waals surface area contributed by atoms with Crippen LogP contribution in [0.3, 0.4) is 0 Å². The van der Waals surface area contributed by atoms with Crippen molar-refractivity contribution in [1.29, 1.82) is 0 Å². The first kappa shape index (κ1) is 19.2. The first-order valence-corrected chi connectivity index (χ1v) is 9.66. The lowest BCUT2D eigenvalue weighted by Gasteiger charge is -2.04. The Morgan fingerprint density at radius 3 is 2.81 bits per heavy atom. The standard InChI is InChI=1S/C18H15BrFN5OS/c1-25-17(13-3-2-4-14(19)9-13)23-24-18(25)27-11-16(26)22-21-10-12-5-7-15(20)8-6-12/h2-10H,11H2,1H3,(H,22,26)/b21-10-. The van der Waals surface area contributed by atoms with Crippen molar-refractivity contribution in [1.82, 2.24) is 20.2 Å². The van der Waals surface area contributed by atoms with Crippen LogP contribution in [0.1, 0.15) is 5.56 Å². The zero-order chi connectivity index (χ0) is 19.2. The Morgan fingerprint density at radius 2 is 2.07 bits per heavy atom. The average molecular weight is 448 g/mol. The smallest absolute Gasteiger partial charge is 0.250 e. The predicted octanol–water partition coefficient (Wildman–Crippen LogP) is 3.63. The van der Waals surface area contributed by atoms with E-state index in [1.165, 1.54) is 30.1 Å². The van der Waals surface area contributed by atoms with Crippen LogP contribution in [-0.2, 0) is 11.8 Å². The minimum Gasteiger partial charge on any atom is -0.305 e. The van der Waals surface area contributed by atoms with E-state index in [4.69, 9.17) is 0 Å². The molecule has 0 spiro atoms. The van der Waals surface area contributed by atoms with Crippen LogP contribution in [0.5, 0.6) is 0 Å². The Kier molecular flexibility index (Phi) is 6.36. The molecule has 138 valence electrons. The van der Waals surface area contributed by atoms with Crippen molar-refractivity contribution in [3.05, 3.63) is 64.4 Å². The number of nitrogens with zero attached hydrogens (tertiary/aromatic N) is 4. The van der Waals surface area contributed by atoms with Gasteiger partial charge < -0.3 is 4.57 Å². The fourth-order valence-corrected chi connectivity index (χ4v) is 3.31. The van der Waals surface area contributed by atoms with Gasteiger partial charge in [-0.1, -0.05) is 52.0 Å². The summed E-state index contributed by atoms with van der Waals surface area (Å²) in [5.41, 5.74) is 4.05. The number of halogens is 2. The van der Waals surface area contributed by atoms with E-state index in [9.17, 15) is 9.18 Å². The van der Waals surface area contributed by atoms with Gasteiger partial charge in [-0.3, -0.25) is 4.79 Å². The second-order valence-corrected chi connectivity index (χ2v) is 7.37. The van der Waals surface area contributed by atoms with Gasteiger partial charge in [0.25, 0.3) is 5.91 Å². The van der Waals surface area contributed by atoms with Crippen molar-refractivity contribution >= 4 is 39.8 Å². The number of thioether (sulfide) groups is 1. The molecule has 0 aliphatic heterocycles. The largest absolute Gasteiger partial charge is 0.305 e. The van der Waals surface area contributed by atoms with Gasteiger partial charge in [-0.15, -0.1) is 10.2 Å². The second kappa shape index (κ2) is 8.92. The third-order valence-electron chi connectivity index (χ3n) is 3.52. The Labute approximate surface area is 168 Å². The molecule has 1 N–H and O–H groups in total. The third kappa shape index (κ3) is 5.24. The minimum atomic E-state index is -0.321. The van der Waals surface area contributed by atoms with Crippen LogP contribution in [0.4, 0.5) is 4.39 Å². The molecule has 0 aliphatic carbocycles. The van der Waals surface area contributed by atoms with Gasteiger partial charge in [0, 0.05) is 17.1 Å². The van der Waals surface area contributed by atoms with E-state index in [-0.39, 0.29) is 17.5 Å². The molecule has 1 aromatic heterocycles. The summed E-state index contributed by atoms with van der Waals surface area (Å²) < 4.78 is 15.6. The number of benzene rings is 2. The number of aromatic nitrogens is 3. The molecule has 1 amide bonds. The number of rotatable bonds is 6. The van der Waals surface area contributed by atoms with E-state index in [1.807, 2.05) is 35.9 Å². The lowest BCUT2D eigenvalue weighted by atomic mass is 10.2. The van der Waals surface area contributed by atoms with Gasteiger partial charge in [-0.25, -0.2) is 9.82 Å². The van der Waals surface area contributed by atoms with Gasteiger partial charge in [0.05, 0.1) is 12.0 Å². The maximum absolute atomic E-state index is 12.8. The molecular weight excluding hydrogens is 433 g/mol. The van der Waals surface area contributed by atoms with Crippen LogP contribution in [-0.4, -0.2) is 32.6 Å². The second-order valence-electron chi connectivity index (χ2n) is 5.51. The number of hydrazone groups is 1. The average Bonchev–Trinajstić information content (AvgIpc) is 3.02. The molecule has 0 aliphatic rings. The highest BCUT2D eigenvalue weighted by molar-refractivity contribution is 9.10. The molecule has 3 rings (SSSR count). The summed E-state index contributed by atoms with van der Waals surface area (Å²) in [6.07, 6.45) is 1.45. The lowest BCUT2D eigenvalue weighted by molar-refractivity contribution is -0.118. The number of nitrogens with one attached hydrogen (secondary N) is 1. The molecule has 1 heterocycles. The first-order chi connectivity index (χ1) is 13.0. The van der Waals surface area contributed by atoms with Crippen LogP contribution in [0.25, 0.3) is 11.4 Å². The Balaban J connectivity index is 1.55. The van der Waals surface area contributed by atoms with Crippen LogP contribution in [0.2, 0.25) is 0 Å². The highest BCUT2D eigenvalue weighted by atomic mass is 79.9. The Hall–Kier alpha value is -2.52. The summed E-state index contributed by atoms with van der Waals surface area (Å²) in [6, 6.07) is 13.6. The summed E-state index contributed by atoms with van der Waals surface area (Å²) in [5, 5.41) is 12.8. The summed E-state index contributed by atoms with van der Waals surface area (Å²) >= 11 is 4.70.